The van der Waals surface area contributed by atoms with Gasteiger partial charge in [0.15, 0.2) is 11.5 Å². The standard InChI is InChI=1S/C20H27N2O3P.Y/c1-13(19(23)26)21-15-7-8-20(9-10-22(2)18(20)12-15)14-5-6-16(24-3)17(11-14)25-4;/h5-8,11,13,18,21H,1,9-10,12,26H2,2-4H3;/q-2;/t13?,18-,20-;/m0./s1. The van der Waals surface area contributed by atoms with Crippen LogP contribution in [0.2, 0.25) is 0 Å². The van der Waals surface area contributed by atoms with Gasteiger partial charge in [-0.15, -0.1) is 0 Å². The van der Waals surface area contributed by atoms with Crippen LogP contribution in [0.15, 0.2) is 30.4 Å². The molecule has 3 rings (SSSR count). The van der Waals surface area contributed by atoms with E-state index in [4.69, 9.17) is 9.47 Å². The summed E-state index contributed by atoms with van der Waals surface area (Å²) < 4.78 is 10.9. The van der Waals surface area contributed by atoms with Gasteiger partial charge < -0.3 is 26.6 Å². The summed E-state index contributed by atoms with van der Waals surface area (Å²) in [4.78, 5) is 13.9. The van der Waals surface area contributed by atoms with Crippen LogP contribution in [0.1, 0.15) is 18.4 Å². The van der Waals surface area contributed by atoms with Crippen molar-refractivity contribution in [1.82, 2.24) is 10.2 Å². The van der Waals surface area contributed by atoms with Crippen molar-refractivity contribution in [2.75, 3.05) is 27.8 Å². The maximum absolute atomic E-state index is 11.5. The van der Waals surface area contributed by atoms with Crippen LogP contribution in [0.5, 0.6) is 11.5 Å². The van der Waals surface area contributed by atoms with Crippen molar-refractivity contribution in [1.29, 1.82) is 0 Å². The second kappa shape index (κ2) is 9.37. The molecule has 2 unspecified atom stereocenters. The third-order valence-electron chi connectivity index (χ3n) is 5.62. The Morgan fingerprint density at radius 1 is 1.41 bits per heavy atom. The normalized spacial score (nSPS) is 25.5. The zero-order valence-corrected chi connectivity index (χ0v) is 20.2. The van der Waals surface area contributed by atoms with Crippen LogP contribution in [0.3, 0.4) is 0 Å². The third-order valence-corrected chi connectivity index (χ3v) is 6.03. The number of likely N-dealkylation sites (N-methyl/N-ethyl adjacent to an activating group) is 1. The average molecular weight is 463 g/mol. The van der Waals surface area contributed by atoms with E-state index in [-0.39, 0.29) is 43.6 Å². The van der Waals surface area contributed by atoms with E-state index in [1.54, 1.807) is 14.2 Å². The Labute approximate surface area is 189 Å². The van der Waals surface area contributed by atoms with Crippen LogP contribution in [-0.2, 0) is 42.9 Å². The first-order valence-electron chi connectivity index (χ1n) is 8.78. The van der Waals surface area contributed by atoms with Crippen LogP contribution in [-0.4, -0.2) is 50.3 Å². The second-order valence-corrected chi connectivity index (χ2v) is 7.59. The van der Waals surface area contributed by atoms with Crippen LogP contribution < -0.4 is 14.8 Å². The number of likely N-dealkylation sites (tertiary alicyclic amines) is 1. The molecule has 7 heteroatoms. The molecule has 1 aromatic carbocycles. The summed E-state index contributed by atoms with van der Waals surface area (Å²) in [7, 11) is 7.66. The zero-order valence-electron chi connectivity index (χ0n) is 16.2. The van der Waals surface area contributed by atoms with Crippen LogP contribution >= 0.6 is 9.24 Å². The topological polar surface area (TPSA) is 50.8 Å². The molecule has 1 aliphatic heterocycles. The molecule has 2 aliphatic rings. The fourth-order valence-corrected chi connectivity index (χ4v) is 4.18. The van der Waals surface area contributed by atoms with E-state index in [0.717, 1.165) is 36.9 Å². The smallest absolute Gasteiger partial charge is 0.160 e. The molecule has 1 heterocycles. The molecule has 4 atom stereocenters. The number of ether oxygens (including phenoxy) is 2. The van der Waals surface area contributed by atoms with E-state index < -0.39 is 6.04 Å². The molecule has 1 aromatic rings. The van der Waals surface area contributed by atoms with Gasteiger partial charge in [0.2, 0.25) is 0 Å². The molecule has 145 valence electrons. The number of benzene rings is 1. The Bertz CT molecular complexity index is 714. The molecule has 1 N–H and O–H groups in total. The predicted octanol–water partition coefficient (Wildman–Crippen LogP) is 2.33. The molecule has 0 bridgehead atoms. The fourth-order valence-electron chi connectivity index (χ4n) is 4.10. The quantitative estimate of drug-likeness (QED) is 0.519. The van der Waals surface area contributed by atoms with Crippen molar-refractivity contribution in [2.24, 2.45) is 0 Å². The molecule has 1 radical (unpaired) electrons. The minimum Gasteiger partial charge on any atom is -0.493 e. The van der Waals surface area contributed by atoms with E-state index >= 15 is 0 Å². The number of nitrogens with one attached hydrogen (secondary N) is 1. The van der Waals surface area contributed by atoms with Crippen molar-refractivity contribution < 1.29 is 47.0 Å². The van der Waals surface area contributed by atoms with Gasteiger partial charge in [0.1, 0.15) is 5.52 Å². The first kappa shape index (κ1) is 22.8. The van der Waals surface area contributed by atoms with Gasteiger partial charge in [-0.05, 0) is 49.2 Å². The van der Waals surface area contributed by atoms with Gasteiger partial charge in [0.25, 0.3) is 0 Å². The molecule has 1 aliphatic carbocycles. The monoisotopic (exact) mass is 463 g/mol. The summed E-state index contributed by atoms with van der Waals surface area (Å²) in [6.07, 6.45) is 6.28. The minimum atomic E-state index is -0.445. The van der Waals surface area contributed by atoms with E-state index in [9.17, 15) is 4.79 Å². The van der Waals surface area contributed by atoms with Gasteiger partial charge >= 0.3 is 0 Å². The molecule has 0 amide bonds. The first-order valence-corrected chi connectivity index (χ1v) is 9.35. The number of nitrogens with zero attached hydrogens (tertiary/aromatic N) is 1. The summed E-state index contributed by atoms with van der Waals surface area (Å²) in [5.74, 6) is 1.49. The van der Waals surface area contributed by atoms with Gasteiger partial charge in [-0.1, -0.05) is 27.8 Å². The van der Waals surface area contributed by atoms with Crippen LogP contribution in [0.25, 0.3) is 0 Å². The summed E-state index contributed by atoms with van der Waals surface area (Å²) in [6, 6.07) is 7.12. The molecule has 27 heavy (non-hydrogen) atoms. The third kappa shape index (κ3) is 4.43. The SMILES string of the molecule is [CH2-]C(N[C-]1C=C[C@@]2(c3ccc(OC)c(OC)c3)CCN(C)[C@H]2C1)C(=O)P.[Y]. The number of hydrogen-bond acceptors (Lipinski definition) is 5. The van der Waals surface area contributed by atoms with Crippen molar-refractivity contribution >= 4 is 14.8 Å². The van der Waals surface area contributed by atoms with Gasteiger partial charge in [-0.3, -0.25) is 4.79 Å². The molecule has 0 saturated carbocycles. The van der Waals surface area contributed by atoms with Gasteiger partial charge in [-0.2, -0.15) is 6.04 Å². The van der Waals surface area contributed by atoms with Crippen LogP contribution in [0.4, 0.5) is 0 Å². The Hall–Kier alpha value is -0.446. The largest absolute Gasteiger partial charge is 0.493 e. The van der Waals surface area contributed by atoms with Crippen molar-refractivity contribution in [3.05, 3.63) is 48.9 Å². The summed E-state index contributed by atoms with van der Waals surface area (Å²) in [6.45, 7) is 4.89. The fraction of sp³-hybridized carbons (Fsp3) is 0.450. The molecule has 0 spiro atoms. The maximum Gasteiger partial charge on any atom is 0.160 e. The Balaban J connectivity index is 0.00000261. The molecule has 5 nitrogen and oxygen atoms in total. The number of rotatable bonds is 6. The Morgan fingerprint density at radius 3 is 2.74 bits per heavy atom. The number of carbonyl (C=O) groups is 1. The molecule has 0 aromatic heterocycles. The minimum absolute atomic E-state index is 0. The van der Waals surface area contributed by atoms with Gasteiger partial charge in [0.05, 0.1) is 14.2 Å². The number of methoxy groups -OCH3 is 2. The van der Waals surface area contributed by atoms with Crippen molar-refractivity contribution in [3.8, 4) is 11.5 Å². The molecule has 1 saturated heterocycles. The second-order valence-electron chi connectivity index (χ2n) is 7.02. The zero-order chi connectivity index (χ0) is 18.9. The van der Waals surface area contributed by atoms with E-state index in [2.05, 4.69) is 57.7 Å². The molecular weight excluding hydrogens is 436 g/mol. The van der Waals surface area contributed by atoms with Crippen molar-refractivity contribution in [2.45, 2.75) is 30.3 Å². The summed E-state index contributed by atoms with van der Waals surface area (Å²) >= 11 is 0. The van der Waals surface area contributed by atoms with Crippen molar-refractivity contribution in [3.63, 3.8) is 0 Å². The summed E-state index contributed by atoms with van der Waals surface area (Å²) in [5, 5.41) is 3.24. The van der Waals surface area contributed by atoms with Gasteiger partial charge in [-0.25, -0.2) is 12.2 Å². The van der Waals surface area contributed by atoms with E-state index in [0.29, 0.717) is 6.04 Å². The predicted molar refractivity (Wildman–Crippen MR) is 106 cm³/mol. The van der Waals surface area contributed by atoms with E-state index in [1.807, 2.05) is 6.07 Å². The number of carbonyl (C=O) groups excluding carboxylic acids is 1. The summed E-state index contributed by atoms with van der Waals surface area (Å²) in [5.41, 5.74) is 1.12. The average Bonchev–Trinajstić information content (AvgIpc) is 2.98. The van der Waals surface area contributed by atoms with E-state index in [1.165, 1.54) is 5.56 Å². The molecule has 1 fully saturated rings. The first-order chi connectivity index (χ1) is 12.4. The molecular formula is C20H27N2O3PY-2. The van der Waals surface area contributed by atoms with Crippen LogP contribution in [0, 0.1) is 13.0 Å². The number of fused-ring (bicyclic) bond motifs is 1. The Kier molecular flexibility index (Phi) is 7.92. The number of hydrogen-bond donors (Lipinski definition) is 1. The maximum atomic E-state index is 11.5. The van der Waals surface area contributed by atoms with Gasteiger partial charge in [0, 0.05) is 32.7 Å². The Morgan fingerprint density at radius 2 is 2.11 bits per heavy atom.